The minimum absolute atomic E-state index is 0.519. The average Bonchev–Trinajstić information content (AvgIpc) is 2.77. The van der Waals surface area contributed by atoms with Gasteiger partial charge in [0.1, 0.15) is 24.0 Å². The highest BCUT2D eigenvalue weighted by atomic mass is 79.9. The molecule has 1 aliphatic heterocycles. The molecule has 3 N–H and O–H groups in total. The summed E-state index contributed by atoms with van der Waals surface area (Å²) in [6.07, 6.45) is 1.56. The Morgan fingerprint density at radius 3 is 2.83 bits per heavy atom. The van der Waals surface area contributed by atoms with Crippen molar-refractivity contribution in [3.8, 4) is 0 Å². The number of aromatic nitrogens is 3. The molecule has 92 valence electrons. The molecule has 2 radical (unpaired) electrons. The van der Waals surface area contributed by atoms with Gasteiger partial charge < -0.3 is 16.0 Å². The van der Waals surface area contributed by atoms with E-state index in [1.807, 2.05) is 0 Å². The number of nitrogens with zero attached hydrogens (tertiary/aromatic N) is 4. The molecule has 0 bridgehead atoms. The lowest BCUT2D eigenvalue weighted by Gasteiger charge is -2.29. The van der Waals surface area contributed by atoms with Crippen LogP contribution in [0.1, 0.15) is 0 Å². The molecule has 0 amide bonds. The monoisotopic (exact) mass is 306 g/mol. The maximum Gasteiger partial charge on any atom is 0.152 e. The SMILES string of the molecule is [B]c1cnn2c(N)c(Br)c(N3CCNCC3)nc12. The second-order valence-electron chi connectivity index (χ2n) is 4.21. The van der Waals surface area contributed by atoms with Crippen molar-refractivity contribution >= 4 is 46.5 Å². The predicted octanol–water partition coefficient (Wildman–Crippen LogP) is -0.723. The first-order chi connectivity index (χ1) is 8.68. The predicted molar refractivity (Wildman–Crippen MR) is 75.6 cm³/mol. The second kappa shape index (κ2) is 4.44. The van der Waals surface area contributed by atoms with Crippen molar-refractivity contribution in [1.29, 1.82) is 0 Å². The van der Waals surface area contributed by atoms with E-state index in [-0.39, 0.29) is 0 Å². The largest absolute Gasteiger partial charge is 0.383 e. The Labute approximate surface area is 114 Å². The third kappa shape index (κ3) is 1.76. The van der Waals surface area contributed by atoms with Crippen molar-refractivity contribution in [1.82, 2.24) is 19.9 Å². The van der Waals surface area contributed by atoms with Crippen molar-refractivity contribution in [2.45, 2.75) is 0 Å². The molecule has 0 unspecified atom stereocenters. The average molecular weight is 307 g/mol. The van der Waals surface area contributed by atoms with Crippen molar-refractivity contribution in [3.63, 3.8) is 0 Å². The highest BCUT2D eigenvalue weighted by Gasteiger charge is 2.19. The van der Waals surface area contributed by atoms with E-state index in [0.717, 1.165) is 36.5 Å². The lowest BCUT2D eigenvalue weighted by molar-refractivity contribution is 0.584. The van der Waals surface area contributed by atoms with Crippen LogP contribution in [0.5, 0.6) is 0 Å². The summed E-state index contributed by atoms with van der Waals surface area (Å²) in [5, 5.41) is 7.41. The smallest absolute Gasteiger partial charge is 0.152 e. The van der Waals surface area contributed by atoms with Crippen molar-refractivity contribution in [2.75, 3.05) is 36.8 Å². The normalized spacial score (nSPS) is 16.4. The van der Waals surface area contributed by atoms with Crippen LogP contribution in [0.2, 0.25) is 0 Å². The van der Waals surface area contributed by atoms with Crippen molar-refractivity contribution < 1.29 is 0 Å². The zero-order chi connectivity index (χ0) is 12.7. The van der Waals surface area contributed by atoms with Crippen LogP contribution in [0.3, 0.4) is 0 Å². The molecule has 3 heterocycles. The van der Waals surface area contributed by atoms with E-state index in [1.54, 1.807) is 10.7 Å². The number of nitrogen functional groups attached to an aromatic ring is 1. The zero-order valence-electron chi connectivity index (χ0n) is 9.73. The topological polar surface area (TPSA) is 71.5 Å². The molecule has 2 aromatic heterocycles. The standard InChI is InChI=1S/C10H12BBrN6/c11-6-5-15-18-8(13)7(12)10(16-9(6)18)17-3-1-14-2-4-17/h5,14H,1-4,13H2. The number of rotatable bonds is 1. The van der Waals surface area contributed by atoms with Crippen molar-refractivity contribution in [2.24, 2.45) is 0 Å². The number of hydrogen-bond donors (Lipinski definition) is 2. The van der Waals surface area contributed by atoms with Crippen LogP contribution in [0.15, 0.2) is 10.7 Å². The summed E-state index contributed by atoms with van der Waals surface area (Å²) in [5.74, 6) is 1.35. The molecule has 2 aromatic rings. The van der Waals surface area contributed by atoms with E-state index < -0.39 is 0 Å². The molecule has 0 saturated carbocycles. The van der Waals surface area contributed by atoms with Gasteiger partial charge in [-0.1, -0.05) is 0 Å². The first-order valence-corrected chi connectivity index (χ1v) is 6.51. The Hall–Kier alpha value is -1.28. The van der Waals surface area contributed by atoms with Gasteiger partial charge in [0, 0.05) is 32.4 Å². The number of fused-ring (bicyclic) bond motifs is 1. The number of piperazine rings is 1. The molecule has 0 spiro atoms. The number of anilines is 2. The summed E-state index contributed by atoms with van der Waals surface area (Å²) in [4.78, 5) is 6.75. The third-order valence-corrected chi connectivity index (χ3v) is 3.81. The summed E-state index contributed by atoms with van der Waals surface area (Å²) in [6.45, 7) is 3.67. The van der Waals surface area contributed by atoms with Gasteiger partial charge in [-0.2, -0.15) is 9.61 Å². The van der Waals surface area contributed by atoms with Gasteiger partial charge in [-0.05, 0) is 21.4 Å². The highest BCUT2D eigenvalue weighted by molar-refractivity contribution is 9.10. The Morgan fingerprint density at radius 1 is 1.39 bits per heavy atom. The Morgan fingerprint density at radius 2 is 2.11 bits per heavy atom. The maximum atomic E-state index is 6.05. The molecule has 6 nitrogen and oxygen atoms in total. The molecule has 1 saturated heterocycles. The fourth-order valence-electron chi connectivity index (χ4n) is 2.09. The van der Waals surface area contributed by atoms with E-state index in [4.69, 9.17) is 13.6 Å². The Balaban J connectivity index is 2.15. The van der Waals surface area contributed by atoms with E-state index in [1.165, 1.54) is 0 Å². The highest BCUT2D eigenvalue weighted by Crippen LogP contribution is 2.30. The molecule has 0 aliphatic carbocycles. The number of nitrogens with one attached hydrogen (secondary N) is 1. The fourth-order valence-corrected chi connectivity index (χ4v) is 2.59. The third-order valence-electron chi connectivity index (χ3n) is 3.05. The lowest BCUT2D eigenvalue weighted by atomic mass is 10.0. The van der Waals surface area contributed by atoms with Crippen molar-refractivity contribution in [3.05, 3.63) is 10.7 Å². The van der Waals surface area contributed by atoms with Crippen LogP contribution >= 0.6 is 15.9 Å². The quantitative estimate of drug-likeness (QED) is 0.680. The van der Waals surface area contributed by atoms with Gasteiger partial charge in [0.2, 0.25) is 0 Å². The van der Waals surface area contributed by atoms with Gasteiger partial charge in [-0.15, -0.1) is 0 Å². The summed E-state index contributed by atoms with van der Waals surface area (Å²) < 4.78 is 2.31. The summed E-state index contributed by atoms with van der Waals surface area (Å²) in [6, 6.07) is 0. The first-order valence-electron chi connectivity index (χ1n) is 5.72. The van der Waals surface area contributed by atoms with Gasteiger partial charge in [0.25, 0.3) is 0 Å². The Bertz CT molecular complexity index is 592. The van der Waals surface area contributed by atoms with Crippen LogP contribution in [0.25, 0.3) is 5.65 Å². The minimum atomic E-state index is 0.519. The molecule has 0 aromatic carbocycles. The van der Waals surface area contributed by atoms with Crippen LogP contribution < -0.4 is 21.4 Å². The number of halogens is 1. The van der Waals surface area contributed by atoms with E-state index in [0.29, 0.717) is 16.9 Å². The van der Waals surface area contributed by atoms with Gasteiger partial charge in [-0.3, -0.25) is 0 Å². The lowest BCUT2D eigenvalue weighted by Crippen LogP contribution is -2.44. The van der Waals surface area contributed by atoms with E-state index >= 15 is 0 Å². The first kappa shape index (κ1) is 11.8. The van der Waals surface area contributed by atoms with Gasteiger partial charge >= 0.3 is 0 Å². The van der Waals surface area contributed by atoms with Crippen LogP contribution in [-0.2, 0) is 0 Å². The Kier molecular flexibility index (Phi) is 2.91. The van der Waals surface area contributed by atoms with Gasteiger partial charge in [-0.25, -0.2) is 4.98 Å². The second-order valence-corrected chi connectivity index (χ2v) is 5.00. The molecule has 18 heavy (non-hydrogen) atoms. The fraction of sp³-hybridized carbons (Fsp3) is 0.400. The molecule has 1 fully saturated rings. The summed E-state index contributed by atoms with van der Waals surface area (Å²) in [7, 11) is 5.85. The summed E-state index contributed by atoms with van der Waals surface area (Å²) in [5.41, 5.74) is 7.19. The van der Waals surface area contributed by atoms with Crippen LogP contribution in [0, 0.1) is 0 Å². The molecule has 8 heteroatoms. The molecule has 1 aliphatic rings. The number of hydrogen-bond acceptors (Lipinski definition) is 5. The van der Waals surface area contributed by atoms with Crippen LogP contribution in [0.4, 0.5) is 11.6 Å². The minimum Gasteiger partial charge on any atom is -0.383 e. The maximum absolute atomic E-state index is 6.05. The van der Waals surface area contributed by atoms with Gasteiger partial charge in [0.05, 0.1) is 0 Å². The summed E-state index contributed by atoms with van der Waals surface area (Å²) >= 11 is 3.49. The molecule has 3 rings (SSSR count). The van der Waals surface area contributed by atoms with Gasteiger partial charge in [0.15, 0.2) is 5.65 Å². The number of nitrogens with two attached hydrogens (primary N) is 1. The van der Waals surface area contributed by atoms with E-state index in [2.05, 4.69) is 36.2 Å². The molecular formula is C10H12BBrN6. The molecule has 0 atom stereocenters. The molecular weight excluding hydrogens is 295 g/mol. The zero-order valence-corrected chi connectivity index (χ0v) is 11.3. The van der Waals surface area contributed by atoms with Crippen LogP contribution in [-0.4, -0.2) is 48.6 Å². The van der Waals surface area contributed by atoms with E-state index in [9.17, 15) is 0 Å².